The van der Waals surface area contributed by atoms with E-state index in [1.165, 1.54) is 17.7 Å². The number of hydrogen-bond acceptors (Lipinski definition) is 12. The highest BCUT2D eigenvalue weighted by Gasteiger charge is 2.44. The van der Waals surface area contributed by atoms with Crippen LogP contribution in [-0.2, 0) is 45.4 Å². The lowest BCUT2D eigenvalue weighted by Gasteiger charge is -2.44. The second kappa shape index (κ2) is 22.7. The second-order valence-corrected chi connectivity index (χ2v) is 21.7. The van der Waals surface area contributed by atoms with E-state index in [0.717, 1.165) is 75.7 Å². The lowest BCUT2D eigenvalue weighted by Crippen LogP contribution is -2.56. The van der Waals surface area contributed by atoms with Crippen LogP contribution >= 0.6 is 11.6 Å². The summed E-state index contributed by atoms with van der Waals surface area (Å²) in [5.74, 6) is -0.0319. The Hall–Kier alpha value is -3.02. The van der Waals surface area contributed by atoms with Crippen LogP contribution in [0.15, 0.2) is 48.6 Å². The van der Waals surface area contributed by atoms with Crippen molar-refractivity contribution in [1.82, 2.24) is 14.9 Å². The van der Waals surface area contributed by atoms with Crippen LogP contribution in [0.2, 0.25) is 5.02 Å². The van der Waals surface area contributed by atoms with Gasteiger partial charge in [0.05, 0.1) is 30.8 Å². The molecule has 1 saturated carbocycles. The monoisotopic (exact) mass is 926 g/mol. The van der Waals surface area contributed by atoms with E-state index in [1.807, 2.05) is 54.5 Å². The van der Waals surface area contributed by atoms with Crippen molar-refractivity contribution >= 4 is 46.3 Å². The number of sulfonamides is 1. The fourth-order valence-electron chi connectivity index (χ4n) is 9.43. The van der Waals surface area contributed by atoms with Crippen LogP contribution < -0.4 is 19.7 Å². The number of aryl methyl sites for hydroxylation is 1. The number of fused-ring (bicyclic) bond motifs is 5. The zero-order chi connectivity index (χ0) is 46.2. The predicted octanol–water partition coefficient (Wildman–Crippen LogP) is 6.99. The number of nitrogens with one attached hydrogen (secondary N) is 2. The van der Waals surface area contributed by atoms with Gasteiger partial charge in [-0.15, -0.1) is 0 Å². The Morgan fingerprint density at radius 2 is 1.69 bits per heavy atom. The number of hydrogen-bond donors (Lipinski definition) is 2. The minimum absolute atomic E-state index is 0.0666. The smallest absolute Gasteiger partial charge is 0.490 e. The Balaban J connectivity index is 0.000000240. The molecule has 2 N–H and O–H groups in total. The lowest BCUT2D eigenvalue weighted by atomic mass is 9.68. The molecule has 0 radical (unpaired) electrons. The van der Waals surface area contributed by atoms with Crippen molar-refractivity contribution in [3.63, 3.8) is 0 Å². The first kappa shape index (κ1) is 50.4. The summed E-state index contributed by atoms with van der Waals surface area (Å²) in [7, 11) is -4.47. The summed E-state index contributed by atoms with van der Waals surface area (Å²) in [4.78, 5) is 31.3. The number of halogens is 1. The number of carbonyl (C=O) groups is 2. The maximum atomic E-state index is 13.3. The zero-order valence-electron chi connectivity index (χ0n) is 39.3. The molecule has 354 valence electrons. The van der Waals surface area contributed by atoms with Gasteiger partial charge in [0, 0.05) is 85.5 Å². The van der Waals surface area contributed by atoms with Crippen LogP contribution in [-0.4, -0.2) is 121 Å². The summed E-state index contributed by atoms with van der Waals surface area (Å²) >= 11 is 6.37. The van der Waals surface area contributed by atoms with Gasteiger partial charge in [-0.05, 0) is 146 Å². The minimum atomic E-state index is -3.93. The first-order valence-electron chi connectivity index (χ1n) is 23.5. The summed E-state index contributed by atoms with van der Waals surface area (Å²) in [6.45, 7) is 23.4. The van der Waals surface area contributed by atoms with E-state index in [4.69, 9.17) is 35.0 Å². The van der Waals surface area contributed by atoms with E-state index in [-0.39, 0.29) is 52.8 Å². The van der Waals surface area contributed by atoms with Gasteiger partial charge in [0.1, 0.15) is 5.75 Å². The number of morpholine rings is 1. The van der Waals surface area contributed by atoms with Crippen molar-refractivity contribution in [3.05, 3.63) is 70.3 Å². The van der Waals surface area contributed by atoms with Crippen molar-refractivity contribution in [2.75, 3.05) is 64.0 Å². The number of ether oxygens (including phenoxy) is 2. The van der Waals surface area contributed by atoms with Crippen molar-refractivity contribution in [1.29, 1.82) is 0 Å². The molecule has 1 amide bonds. The molecule has 16 heteroatoms. The number of piperazine rings is 1. The molecule has 2 saturated heterocycles. The molecule has 13 nitrogen and oxygen atoms in total. The van der Waals surface area contributed by atoms with Gasteiger partial charge in [-0.1, -0.05) is 30.7 Å². The van der Waals surface area contributed by atoms with Gasteiger partial charge >= 0.3 is 7.32 Å². The van der Waals surface area contributed by atoms with Crippen LogP contribution in [0.4, 0.5) is 5.69 Å². The van der Waals surface area contributed by atoms with E-state index in [2.05, 4.69) is 32.0 Å². The molecular weight excluding hydrogens is 855 g/mol. The Bertz CT molecular complexity index is 1990. The van der Waals surface area contributed by atoms with Gasteiger partial charge in [0.15, 0.2) is 5.78 Å². The molecule has 4 aliphatic heterocycles. The molecule has 2 bridgehead atoms. The van der Waals surface area contributed by atoms with Crippen LogP contribution in [0.1, 0.15) is 109 Å². The van der Waals surface area contributed by atoms with Crippen molar-refractivity contribution < 1.29 is 41.4 Å². The number of amides is 1. The number of benzene rings is 2. The molecule has 6 atom stereocenters. The average molecular weight is 927 g/mol. The number of anilines is 1. The first-order valence-corrected chi connectivity index (χ1v) is 25.4. The first-order chi connectivity index (χ1) is 30.4. The van der Waals surface area contributed by atoms with Gasteiger partial charge in [0.2, 0.25) is 10.0 Å². The minimum Gasteiger partial charge on any atom is -0.490 e. The maximum Gasteiger partial charge on any atom is 0.639 e. The fraction of sp³-hybridized carbons (Fsp3) is 0.667. The van der Waals surface area contributed by atoms with Gasteiger partial charge in [-0.3, -0.25) is 14.5 Å². The molecule has 64 heavy (non-hydrogen) atoms. The third-order valence-corrected chi connectivity index (χ3v) is 15.5. The topological polar surface area (TPSA) is 145 Å². The zero-order valence-corrected chi connectivity index (χ0v) is 40.8. The van der Waals surface area contributed by atoms with E-state index in [0.29, 0.717) is 37.9 Å². The van der Waals surface area contributed by atoms with Gasteiger partial charge in [-0.2, -0.15) is 0 Å². The summed E-state index contributed by atoms with van der Waals surface area (Å²) in [6.07, 6.45) is 8.94. The molecule has 2 aliphatic carbocycles. The SMILES string of the molecule is C1CN2CCOC[C@@H]2CN1.CC(C)OB(OC(C)C)OC(C)C.C[C@@H]1[C@@H](C)C/C=C/C(=O)[C@@H]2CC[C@H]2CN2C[C@@]3(CCCc4cc(Cl)ccc43)COc3ccc(cc32)C(=O)NS1(=O)=O. The van der Waals surface area contributed by atoms with Crippen LogP contribution in [0.25, 0.3) is 0 Å². The van der Waals surface area contributed by atoms with Crippen LogP contribution in [0.3, 0.4) is 0 Å². The molecule has 6 aliphatic rings. The van der Waals surface area contributed by atoms with Gasteiger partial charge in [-0.25, -0.2) is 13.1 Å². The molecule has 2 aromatic rings. The summed E-state index contributed by atoms with van der Waals surface area (Å²) in [6, 6.07) is 11.9. The third-order valence-electron chi connectivity index (χ3n) is 13.3. The standard InChI is InChI=1S/C32H37ClN2O5S.C9H21BO3.C7H14N2O/c1-20-5-3-7-29(36)26-11-8-24(26)17-35-18-32(14-4-6-22-15-25(33)10-12-27(22)32)19-40-30-13-9-23(16-28(30)35)31(37)34-41(38,39)21(20)2;1-7(2)11-10(12-8(3)4)13-9(5)6;1-2-9-3-4-10-6-7(9)5-8-1/h3,7,9-10,12-13,15-16,20-21,24,26H,4-6,8,11,14,17-19H2,1-2H3,(H,34,37);7-9H,1-6H3;7-8H,1-6H2/b7-3+;;/t20-,21+,24-,26+,32-;;7-/m0.0/s1. The van der Waals surface area contributed by atoms with Gasteiger partial charge in [0.25, 0.3) is 5.91 Å². The highest BCUT2D eigenvalue weighted by Crippen LogP contribution is 2.46. The van der Waals surface area contributed by atoms with Crippen molar-refractivity contribution in [2.45, 2.75) is 129 Å². The molecular formula is C48H72BClN4O9S. The molecule has 2 aromatic carbocycles. The van der Waals surface area contributed by atoms with E-state index < -0.39 is 28.5 Å². The molecule has 1 spiro atoms. The molecule has 0 unspecified atom stereocenters. The predicted molar refractivity (Wildman–Crippen MR) is 254 cm³/mol. The second-order valence-electron chi connectivity index (χ2n) is 19.2. The van der Waals surface area contributed by atoms with Crippen molar-refractivity contribution in [3.8, 4) is 5.75 Å². The van der Waals surface area contributed by atoms with Crippen LogP contribution in [0.5, 0.6) is 5.75 Å². The molecule has 0 aromatic heterocycles. The Morgan fingerprint density at radius 3 is 2.36 bits per heavy atom. The number of nitrogens with zero attached hydrogens (tertiary/aromatic N) is 2. The highest BCUT2D eigenvalue weighted by molar-refractivity contribution is 7.90. The number of ketones is 1. The van der Waals surface area contributed by atoms with E-state index in [1.54, 1.807) is 37.3 Å². The lowest BCUT2D eigenvalue weighted by molar-refractivity contribution is -0.122. The largest absolute Gasteiger partial charge is 0.639 e. The Labute approximate surface area is 387 Å². The number of carbonyl (C=O) groups excluding carboxylic acids is 2. The highest BCUT2D eigenvalue weighted by atomic mass is 35.5. The van der Waals surface area contributed by atoms with E-state index in [9.17, 15) is 18.0 Å². The van der Waals surface area contributed by atoms with E-state index >= 15 is 0 Å². The Morgan fingerprint density at radius 1 is 0.953 bits per heavy atom. The summed E-state index contributed by atoms with van der Waals surface area (Å²) in [5, 5.41) is 3.28. The number of allylic oxidation sites excluding steroid dienone is 2. The fourth-order valence-corrected chi connectivity index (χ4v) is 10.9. The quantitative estimate of drug-likeness (QED) is 0.288. The normalized spacial score (nSPS) is 28.4. The third kappa shape index (κ3) is 13.1. The van der Waals surface area contributed by atoms with Gasteiger partial charge < -0.3 is 33.7 Å². The summed E-state index contributed by atoms with van der Waals surface area (Å²) < 4.78 is 56.6. The molecule has 8 rings (SSSR count). The van der Waals surface area contributed by atoms with Crippen molar-refractivity contribution in [2.24, 2.45) is 17.8 Å². The number of rotatable bonds is 6. The molecule has 4 heterocycles. The summed E-state index contributed by atoms with van der Waals surface area (Å²) in [5.41, 5.74) is 3.22. The average Bonchev–Trinajstić information content (AvgIpc) is 3.37. The maximum absolute atomic E-state index is 13.3. The van der Waals surface area contributed by atoms with Crippen LogP contribution in [0, 0.1) is 17.8 Å². The Kier molecular flexibility index (Phi) is 17.8. The molecule has 3 fully saturated rings.